The molecule has 0 nitrogen and oxygen atoms in total. The maximum Gasteiger partial charge on any atom is 0.416 e. The van der Waals surface area contributed by atoms with Gasteiger partial charge in [-0.3, -0.25) is 0 Å². The molecule has 0 amide bonds. The lowest BCUT2D eigenvalue weighted by Gasteiger charge is -2.26. The third-order valence-corrected chi connectivity index (χ3v) is 10.6. The number of hydrogen-bond acceptors (Lipinski definition) is 0. The average molecular weight is 833 g/mol. The first-order valence-corrected chi connectivity index (χ1v) is 18.3. The molecule has 8 aromatic rings. The van der Waals surface area contributed by atoms with E-state index in [-0.39, 0.29) is 55.9 Å². The second-order valence-corrected chi connectivity index (χ2v) is 14.7. The lowest BCUT2D eigenvalue weighted by molar-refractivity contribution is -0.144. The Kier molecular flexibility index (Phi) is 9.56. The van der Waals surface area contributed by atoms with Gasteiger partial charge in [-0.1, -0.05) is 108 Å². The fraction of sp³-hybridized carbons (Fsp3) is 0.125. The molecule has 0 fully saturated rings. The van der Waals surface area contributed by atoms with Gasteiger partial charge >= 0.3 is 24.7 Å². The molecule has 0 bridgehead atoms. The van der Waals surface area contributed by atoms with Crippen LogP contribution < -0.4 is 0 Å². The van der Waals surface area contributed by atoms with Gasteiger partial charge in [0.15, 0.2) is 0 Å². The van der Waals surface area contributed by atoms with Gasteiger partial charge in [0.05, 0.1) is 22.3 Å². The highest BCUT2D eigenvalue weighted by atomic mass is 19.4. The number of hydrogen-bond donors (Lipinski definition) is 0. The zero-order chi connectivity index (χ0) is 43.1. The Hall–Kier alpha value is -6.30. The summed E-state index contributed by atoms with van der Waals surface area (Å²) in [6, 6.07) is 28.5. The van der Waals surface area contributed by atoms with Crippen LogP contribution in [0.15, 0.2) is 133 Å². The highest BCUT2D eigenvalue weighted by Gasteiger charge is 2.40. The van der Waals surface area contributed by atoms with Crippen LogP contribution in [-0.2, 0) is 24.7 Å². The molecule has 0 aromatic heterocycles. The van der Waals surface area contributed by atoms with Gasteiger partial charge in [-0.15, -0.1) is 0 Å². The van der Waals surface area contributed by atoms with Gasteiger partial charge in [0.2, 0.25) is 0 Å². The summed E-state index contributed by atoms with van der Waals surface area (Å²) in [5.74, 6) is 0. The molecule has 0 saturated carbocycles. The van der Waals surface area contributed by atoms with Crippen LogP contribution in [0.2, 0.25) is 0 Å². The minimum absolute atomic E-state index is 0.00242. The lowest BCUT2D eigenvalue weighted by atomic mass is 9.77. The lowest BCUT2D eigenvalue weighted by Crippen LogP contribution is -2.11. The SMILES string of the molecule is Cc1ccc(-c2c3ccccc3c(-c3ccc(C)cc3)c3c(-c4cc(C(F)(F)F)cc(C(F)(F)F)c4)c4ccccc4c(-c4cc(C(F)(F)F)cc(C(F)(F)F)c4)c23)cc1. The predicted molar refractivity (Wildman–Crippen MR) is 210 cm³/mol. The van der Waals surface area contributed by atoms with E-state index in [1.54, 1.807) is 86.6 Å². The third kappa shape index (κ3) is 7.22. The monoisotopic (exact) mass is 832 g/mol. The van der Waals surface area contributed by atoms with Gasteiger partial charge in [-0.2, -0.15) is 52.7 Å². The molecule has 8 rings (SSSR count). The summed E-state index contributed by atoms with van der Waals surface area (Å²) in [6.07, 6.45) is -21.0. The van der Waals surface area contributed by atoms with E-state index >= 15 is 0 Å². The molecule has 0 atom stereocenters. The van der Waals surface area contributed by atoms with Crippen LogP contribution in [0.4, 0.5) is 52.7 Å². The summed E-state index contributed by atoms with van der Waals surface area (Å²) in [5.41, 5.74) is -4.75. The van der Waals surface area contributed by atoms with Crippen molar-refractivity contribution >= 4 is 32.3 Å². The number of fused-ring (bicyclic) bond motifs is 3. The quantitative estimate of drug-likeness (QED) is 0.122. The molecule has 8 aromatic carbocycles. The van der Waals surface area contributed by atoms with Crippen LogP contribution in [0.1, 0.15) is 33.4 Å². The molecule has 0 heterocycles. The van der Waals surface area contributed by atoms with E-state index in [1.807, 2.05) is 0 Å². The van der Waals surface area contributed by atoms with Crippen LogP contribution in [0.5, 0.6) is 0 Å². The van der Waals surface area contributed by atoms with Crippen molar-refractivity contribution in [3.63, 3.8) is 0 Å². The minimum Gasteiger partial charge on any atom is -0.166 e. The van der Waals surface area contributed by atoms with Crippen molar-refractivity contribution in [1.82, 2.24) is 0 Å². The highest BCUT2D eigenvalue weighted by Crippen LogP contribution is 2.55. The Bertz CT molecular complexity index is 2700. The standard InChI is InChI=1S/C48H28F12/c1-25-11-15-27(16-12-25)39-35-7-3-4-8-36(35)40(28-17-13-26(2)14-18-28)44-42(30-21-33(47(55,56)57)24-34(22-30)48(58,59)60)38-10-6-5-9-37(38)41(43(39)44)29-19-31(45(49,50)51)23-32(20-29)46(52,53)54/h3-24H,1-2H3. The summed E-state index contributed by atoms with van der Waals surface area (Å²) in [5, 5.41) is 0.930. The van der Waals surface area contributed by atoms with E-state index in [0.717, 1.165) is 11.1 Å². The van der Waals surface area contributed by atoms with Crippen LogP contribution in [0.3, 0.4) is 0 Å². The molecule has 0 radical (unpaired) electrons. The van der Waals surface area contributed by atoms with Gasteiger partial charge in [-0.25, -0.2) is 0 Å². The third-order valence-electron chi connectivity index (χ3n) is 10.6. The molecular weight excluding hydrogens is 805 g/mol. The number of alkyl halides is 12. The van der Waals surface area contributed by atoms with E-state index < -0.39 is 58.1 Å². The molecule has 0 aliphatic carbocycles. The fourth-order valence-electron chi connectivity index (χ4n) is 7.97. The van der Waals surface area contributed by atoms with Crippen molar-refractivity contribution in [3.8, 4) is 44.5 Å². The van der Waals surface area contributed by atoms with Gasteiger partial charge < -0.3 is 0 Å². The Balaban J connectivity index is 1.76. The van der Waals surface area contributed by atoms with Crippen LogP contribution >= 0.6 is 0 Å². The van der Waals surface area contributed by atoms with E-state index in [1.165, 1.54) is 24.3 Å². The maximum atomic E-state index is 14.6. The van der Waals surface area contributed by atoms with Crippen LogP contribution in [0.25, 0.3) is 76.8 Å². The summed E-state index contributed by atoms with van der Waals surface area (Å²) >= 11 is 0. The zero-order valence-electron chi connectivity index (χ0n) is 31.2. The van der Waals surface area contributed by atoms with E-state index in [4.69, 9.17) is 0 Å². The first-order valence-electron chi connectivity index (χ1n) is 18.3. The molecule has 12 heteroatoms. The molecular formula is C48H28F12. The summed E-state index contributed by atoms with van der Waals surface area (Å²) in [4.78, 5) is 0. The Morgan fingerprint density at radius 3 is 0.750 bits per heavy atom. The first-order chi connectivity index (χ1) is 28.1. The largest absolute Gasteiger partial charge is 0.416 e. The zero-order valence-corrected chi connectivity index (χ0v) is 31.2. The molecule has 304 valence electrons. The Labute approximate surface area is 334 Å². The molecule has 0 aliphatic rings. The Morgan fingerprint density at radius 1 is 0.283 bits per heavy atom. The van der Waals surface area contributed by atoms with Gasteiger partial charge in [0.25, 0.3) is 0 Å². The number of halogens is 12. The number of rotatable bonds is 4. The van der Waals surface area contributed by atoms with Crippen molar-refractivity contribution in [3.05, 3.63) is 167 Å². The molecule has 0 aliphatic heterocycles. The smallest absolute Gasteiger partial charge is 0.166 e. The summed E-state index contributed by atoms with van der Waals surface area (Å²) in [6.45, 7) is 3.59. The van der Waals surface area contributed by atoms with Crippen molar-refractivity contribution < 1.29 is 52.7 Å². The topological polar surface area (TPSA) is 0 Å². The second kappa shape index (κ2) is 14.2. The van der Waals surface area contributed by atoms with Crippen molar-refractivity contribution in [2.75, 3.05) is 0 Å². The summed E-state index contributed by atoms with van der Waals surface area (Å²) < 4.78 is 175. The summed E-state index contributed by atoms with van der Waals surface area (Å²) in [7, 11) is 0. The van der Waals surface area contributed by atoms with Gasteiger partial charge in [-0.05, 0) is 127 Å². The molecule has 0 spiro atoms. The number of benzene rings is 8. The van der Waals surface area contributed by atoms with E-state index in [2.05, 4.69) is 0 Å². The molecule has 0 N–H and O–H groups in total. The van der Waals surface area contributed by atoms with Crippen molar-refractivity contribution in [2.45, 2.75) is 38.6 Å². The van der Waals surface area contributed by atoms with Crippen LogP contribution in [0, 0.1) is 13.8 Å². The van der Waals surface area contributed by atoms with Gasteiger partial charge in [0.1, 0.15) is 0 Å². The molecule has 0 saturated heterocycles. The molecule has 0 unspecified atom stereocenters. The second-order valence-electron chi connectivity index (χ2n) is 14.7. The number of aryl methyl sites for hydroxylation is 2. The minimum atomic E-state index is -5.26. The van der Waals surface area contributed by atoms with Gasteiger partial charge in [0, 0.05) is 0 Å². The first kappa shape index (κ1) is 40.5. The Morgan fingerprint density at radius 2 is 0.517 bits per heavy atom. The fourth-order valence-corrected chi connectivity index (χ4v) is 7.97. The van der Waals surface area contributed by atoms with E-state index in [0.29, 0.717) is 46.2 Å². The predicted octanol–water partition coefficient (Wildman–Crippen LogP) is 16.5. The van der Waals surface area contributed by atoms with Crippen molar-refractivity contribution in [1.29, 1.82) is 0 Å². The maximum absolute atomic E-state index is 14.6. The average Bonchev–Trinajstić information content (AvgIpc) is 3.18. The normalized spacial score (nSPS) is 12.8. The van der Waals surface area contributed by atoms with E-state index in [9.17, 15) is 52.7 Å². The molecule has 60 heavy (non-hydrogen) atoms. The highest BCUT2D eigenvalue weighted by molar-refractivity contribution is 6.33. The van der Waals surface area contributed by atoms with Crippen LogP contribution in [-0.4, -0.2) is 0 Å². The van der Waals surface area contributed by atoms with Crippen molar-refractivity contribution in [2.24, 2.45) is 0 Å².